The summed E-state index contributed by atoms with van der Waals surface area (Å²) in [5, 5.41) is 3.37. The van der Waals surface area contributed by atoms with Crippen LogP contribution in [0.5, 0.6) is 5.75 Å². The van der Waals surface area contributed by atoms with Gasteiger partial charge in [-0.2, -0.15) is 0 Å². The molecule has 0 amide bonds. The largest absolute Gasteiger partial charge is 0.494 e. The van der Waals surface area contributed by atoms with E-state index >= 15 is 0 Å². The normalized spacial score (nSPS) is 20.9. The molecule has 1 N–H and O–H groups in total. The second kappa shape index (κ2) is 6.16. The van der Waals surface area contributed by atoms with Gasteiger partial charge in [-0.1, -0.05) is 6.07 Å². The Bertz CT molecular complexity index is 391. The molecule has 0 aliphatic carbocycles. The van der Waals surface area contributed by atoms with Crippen LogP contribution in [0.25, 0.3) is 0 Å². The molecule has 18 heavy (non-hydrogen) atoms. The first-order valence-corrected chi connectivity index (χ1v) is 6.39. The molecule has 1 heterocycles. The highest BCUT2D eigenvalue weighted by atomic mass is 19.1. The van der Waals surface area contributed by atoms with E-state index in [-0.39, 0.29) is 17.6 Å². The summed E-state index contributed by atoms with van der Waals surface area (Å²) in [4.78, 5) is 0. The van der Waals surface area contributed by atoms with Gasteiger partial charge < -0.3 is 14.8 Å². The number of nitrogens with one attached hydrogen (secondary N) is 1. The second-order valence-electron chi connectivity index (χ2n) is 4.66. The molecule has 3 nitrogen and oxygen atoms in total. The van der Waals surface area contributed by atoms with Gasteiger partial charge in [0.2, 0.25) is 0 Å². The van der Waals surface area contributed by atoms with E-state index in [1.807, 2.05) is 13.0 Å². The summed E-state index contributed by atoms with van der Waals surface area (Å²) < 4.78 is 24.0. The first-order chi connectivity index (χ1) is 8.70. The standard InChI is InChI=1S/C14H20FNO2/c1-10(16-9-12-4-3-7-18-12)11-5-6-14(17-2)13(15)8-11/h5-6,8,10,12,16H,3-4,7,9H2,1-2H3/t10-,12-/m1/s1. The summed E-state index contributed by atoms with van der Waals surface area (Å²) >= 11 is 0. The van der Waals surface area contributed by atoms with Crippen molar-refractivity contribution in [2.75, 3.05) is 20.3 Å². The molecule has 0 unspecified atom stereocenters. The molecule has 1 aromatic carbocycles. The highest BCUT2D eigenvalue weighted by Crippen LogP contribution is 2.22. The van der Waals surface area contributed by atoms with Crippen LogP contribution in [-0.4, -0.2) is 26.4 Å². The van der Waals surface area contributed by atoms with Gasteiger partial charge in [0.05, 0.1) is 13.2 Å². The third-order valence-corrected chi connectivity index (χ3v) is 3.35. The topological polar surface area (TPSA) is 30.5 Å². The molecule has 2 rings (SSSR count). The summed E-state index contributed by atoms with van der Waals surface area (Å²) in [7, 11) is 1.47. The van der Waals surface area contributed by atoms with Crippen LogP contribution >= 0.6 is 0 Å². The lowest BCUT2D eigenvalue weighted by atomic mass is 10.1. The van der Waals surface area contributed by atoms with Gasteiger partial charge >= 0.3 is 0 Å². The number of benzene rings is 1. The summed E-state index contributed by atoms with van der Waals surface area (Å²) in [6, 6.07) is 5.17. The van der Waals surface area contributed by atoms with E-state index in [4.69, 9.17) is 9.47 Å². The fourth-order valence-electron chi connectivity index (χ4n) is 2.18. The first-order valence-electron chi connectivity index (χ1n) is 6.39. The lowest BCUT2D eigenvalue weighted by Crippen LogP contribution is -2.28. The van der Waals surface area contributed by atoms with Crippen molar-refractivity contribution in [2.45, 2.75) is 31.9 Å². The van der Waals surface area contributed by atoms with Gasteiger partial charge in [0.15, 0.2) is 11.6 Å². The van der Waals surface area contributed by atoms with Gasteiger partial charge in [0.1, 0.15) is 0 Å². The molecule has 4 heteroatoms. The Kier molecular flexibility index (Phi) is 4.55. The third kappa shape index (κ3) is 3.21. The Morgan fingerprint density at radius 1 is 1.56 bits per heavy atom. The Balaban J connectivity index is 1.91. The number of methoxy groups -OCH3 is 1. The molecule has 0 aromatic heterocycles. The number of hydrogen-bond donors (Lipinski definition) is 1. The Hall–Kier alpha value is -1.13. The molecule has 1 aromatic rings. The molecule has 2 atom stereocenters. The molecule has 1 aliphatic rings. The second-order valence-corrected chi connectivity index (χ2v) is 4.66. The minimum absolute atomic E-state index is 0.106. The van der Waals surface area contributed by atoms with E-state index in [0.717, 1.165) is 31.6 Å². The summed E-state index contributed by atoms with van der Waals surface area (Å²) in [6.07, 6.45) is 2.55. The maximum atomic E-state index is 13.6. The predicted octanol–water partition coefficient (Wildman–Crippen LogP) is 2.66. The average molecular weight is 253 g/mol. The summed E-state index contributed by atoms with van der Waals surface area (Å²) in [5.74, 6) is -0.0363. The minimum atomic E-state index is -0.319. The monoisotopic (exact) mass is 253 g/mol. The quantitative estimate of drug-likeness (QED) is 0.875. The molecular weight excluding hydrogens is 233 g/mol. The fourth-order valence-corrected chi connectivity index (χ4v) is 2.18. The fraction of sp³-hybridized carbons (Fsp3) is 0.571. The Morgan fingerprint density at radius 2 is 2.39 bits per heavy atom. The SMILES string of the molecule is COc1ccc([C@@H](C)NC[C@H]2CCCO2)cc1F. The Morgan fingerprint density at radius 3 is 3.00 bits per heavy atom. The van der Waals surface area contributed by atoms with Gasteiger partial charge in [0.25, 0.3) is 0 Å². The molecule has 1 fully saturated rings. The van der Waals surface area contributed by atoms with E-state index in [2.05, 4.69) is 5.32 Å². The average Bonchev–Trinajstić information content (AvgIpc) is 2.89. The van der Waals surface area contributed by atoms with Gasteiger partial charge in [0, 0.05) is 19.2 Å². The number of hydrogen-bond acceptors (Lipinski definition) is 3. The van der Waals surface area contributed by atoms with Crippen LogP contribution in [0.3, 0.4) is 0 Å². The van der Waals surface area contributed by atoms with Gasteiger partial charge in [-0.25, -0.2) is 4.39 Å². The van der Waals surface area contributed by atoms with Crippen molar-refractivity contribution >= 4 is 0 Å². The van der Waals surface area contributed by atoms with Crippen LogP contribution in [0.1, 0.15) is 31.4 Å². The van der Waals surface area contributed by atoms with Crippen LogP contribution in [0.4, 0.5) is 4.39 Å². The van der Waals surface area contributed by atoms with Crippen molar-refractivity contribution in [3.8, 4) is 5.75 Å². The lowest BCUT2D eigenvalue weighted by Gasteiger charge is -2.17. The number of rotatable bonds is 5. The van der Waals surface area contributed by atoms with E-state index < -0.39 is 0 Å². The highest BCUT2D eigenvalue weighted by Gasteiger charge is 2.16. The van der Waals surface area contributed by atoms with Gasteiger partial charge in [-0.05, 0) is 37.5 Å². The third-order valence-electron chi connectivity index (χ3n) is 3.35. The van der Waals surface area contributed by atoms with Crippen LogP contribution < -0.4 is 10.1 Å². The molecule has 0 spiro atoms. The molecule has 1 saturated heterocycles. The molecule has 0 bridgehead atoms. The van der Waals surface area contributed by atoms with Crippen molar-refractivity contribution in [1.82, 2.24) is 5.32 Å². The zero-order chi connectivity index (χ0) is 13.0. The maximum Gasteiger partial charge on any atom is 0.165 e. The zero-order valence-electron chi connectivity index (χ0n) is 10.9. The van der Waals surface area contributed by atoms with E-state index in [0.29, 0.717) is 6.10 Å². The van der Waals surface area contributed by atoms with E-state index in [1.165, 1.54) is 13.2 Å². The number of halogens is 1. The van der Waals surface area contributed by atoms with E-state index in [1.54, 1.807) is 6.07 Å². The van der Waals surface area contributed by atoms with Gasteiger partial charge in [-0.15, -0.1) is 0 Å². The lowest BCUT2D eigenvalue weighted by molar-refractivity contribution is 0.108. The van der Waals surface area contributed by atoms with Crippen molar-refractivity contribution < 1.29 is 13.9 Å². The molecule has 0 radical (unpaired) electrons. The van der Waals surface area contributed by atoms with Crippen molar-refractivity contribution in [2.24, 2.45) is 0 Å². The van der Waals surface area contributed by atoms with Crippen LogP contribution in [0.2, 0.25) is 0 Å². The highest BCUT2D eigenvalue weighted by molar-refractivity contribution is 5.30. The Labute approximate surface area is 107 Å². The van der Waals surface area contributed by atoms with Crippen LogP contribution in [0.15, 0.2) is 18.2 Å². The molecule has 1 aliphatic heterocycles. The zero-order valence-corrected chi connectivity index (χ0v) is 10.9. The summed E-state index contributed by atoms with van der Waals surface area (Å²) in [6.45, 7) is 3.70. The smallest absolute Gasteiger partial charge is 0.165 e. The van der Waals surface area contributed by atoms with Crippen molar-refractivity contribution in [1.29, 1.82) is 0 Å². The molecular formula is C14H20FNO2. The van der Waals surface area contributed by atoms with Crippen LogP contribution in [0, 0.1) is 5.82 Å². The predicted molar refractivity (Wildman–Crippen MR) is 68.3 cm³/mol. The van der Waals surface area contributed by atoms with Crippen molar-refractivity contribution in [3.63, 3.8) is 0 Å². The summed E-state index contributed by atoms with van der Waals surface area (Å²) in [5.41, 5.74) is 0.922. The molecule has 0 saturated carbocycles. The minimum Gasteiger partial charge on any atom is -0.494 e. The van der Waals surface area contributed by atoms with Crippen LogP contribution in [-0.2, 0) is 4.74 Å². The maximum absolute atomic E-state index is 13.6. The molecule has 100 valence electrons. The van der Waals surface area contributed by atoms with Crippen molar-refractivity contribution in [3.05, 3.63) is 29.6 Å². The van der Waals surface area contributed by atoms with E-state index in [9.17, 15) is 4.39 Å². The first kappa shape index (κ1) is 13.3. The number of ether oxygens (including phenoxy) is 2. The van der Waals surface area contributed by atoms with Gasteiger partial charge in [-0.3, -0.25) is 0 Å².